The molecule has 1 aromatic heterocycles. The summed E-state index contributed by atoms with van der Waals surface area (Å²) < 4.78 is 0. The number of nitrogens with zero attached hydrogens (tertiary/aromatic N) is 3. The van der Waals surface area contributed by atoms with E-state index in [0.717, 1.165) is 26.1 Å². The Morgan fingerprint density at radius 2 is 2.05 bits per heavy atom. The lowest BCUT2D eigenvalue weighted by atomic mass is 10.3. The number of carbonyl (C=O) groups excluding carboxylic acids is 1. The van der Waals surface area contributed by atoms with E-state index in [1.54, 1.807) is 17.0 Å². The van der Waals surface area contributed by atoms with Crippen LogP contribution in [0.5, 0.6) is 0 Å². The number of carboxylic acid groups (broad SMARTS) is 1. The standard InChI is InChI=1S/C14H20N4O3/c1-2-6-17-7-9-18(10-8-17)14(21)16-11-4-3-5-15-12(11)13(19)20/h3-5H,2,6-10H2,1H3,(H,16,21)(H,19,20). The van der Waals surface area contributed by atoms with E-state index in [9.17, 15) is 9.59 Å². The van der Waals surface area contributed by atoms with Crippen LogP contribution >= 0.6 is 0 Å². The van der Waals surface area contributed by atoms with Gasteiger partial charge < -0.3 is 15.3 Å². The summed E-state index contributed by atoms with van der Waals surface area (Å²) in [5.41, 5.74) is 0.0847. The fraction of sp³-hybridized carbons (Fsp3) is 0.500. The van der Waals surface area contributed by atoms with Crippen LogP contribution in [0.4, 0.5) is 10.5 Å². The molecule has 0 radical (unpaired) electrons. The number of hydrogen-bond donors (Lipinski definition) is 2. The highest BCUT2D eigenvalue weighted by Gasteiger charge is 2.22. The number of carboxylic acids is 1. The molecule has 21 heavy (non-hydrogen) atoms. The Bertz CT molecular complexity index is 513. The third-order valence-electron chi connectivity index (χ3n) is 3.45. The van der Waals surface area contributed by atoms with Gasteiger partial charge in [-0.25, -0.2) is 14.6 Å². The van der Waals surface area contributed by atoms with E-state index in [1.165, 1.54) is 6.20 Å². The van der Waals surface area contributed by atoms with Crippen molar-refractivity contribution >= 4 is 17.7 Å². The molecule has 7 nitrogen and oxygen atoms in total. The van der Waals surface area contributed by atoms with E-state index < -0.39 is 5.97 Å². The van der Waals surface area contributed by atoms with Crippen molar-refractivity contribution in [2.24, 2.45) is 0 Å². The van der Waals surface area contributed by atoms with E-state index in [2.05, 4.69) is 22.1 Å². The average molecular weight is 292 g/mol. The maximum atomic E-state index is 12.2. The number of aromatic carboxylic acids is 1. The van der Waals surface area contributed by atoms with E-state index in [0.29, 0.717) is 13.1 Å². The Labute approximate surface area is 123 Å². The van der Waals surface area contributed by atoms with Gasteiger partial charge in [0.1, 0.15) is 0 Å². The molecular weight excluding hydrogens is 272 g/mol. The van der Waals surface area contributed by atoms with Crippen LogP contribution in [0.15, 0.2) is 18.3 Å². The SMILES string of the molecule is CCCN1CCN(C(=O)Nc2cccnc2C(=O)O)CC1. The van der Waals surface area contributed by atoms with Crippen molar-refractivity contribution in [3.05, 3.63) is 24.0 Å². The lowest BCUT2D eigenvalue weighted by molar-refractivity contribution is 0.0691. The first-order valence-corrected chi connectivity index (χ1v) is 7.08. The van der Waals surface area contributed by atoms with Gasteiger partial charge in [-0.15, -0.1) is 0 Å². The second-order valence-corrected chi connectivity index (χ2v) is 4.96. The maximum absolute atomic E-state index is 12.2. The van der Waals surface area contributed by atoms with Gasteiger partial charge in [-0.3, -0.25) is 4.90 Å². The molecule has 7 heteroatoms. The monoisotopic (exact) mass is 292 g/mol. The summed E-state index contributed by atoms with van der Waals surface area (Å²) in [6.45, 7) is 6.17. The topological polar surface area (TPSA) is 85.8 Å². The van der Waals surface area contributed by atoms with Crippen molar-refractivity contribution < 1.29 is 14.7 Å². The predicted molar refractivity (Wildman–Crippen MR) is 78.5 cm³/mol. The van der Waals surface area contributed by atoms with Gasteiger partial charge in [-0.05, 0) is 25.1 Å². The highest BCUT2D eigenvalue weighted by molar-refractivity contribution is 5.98. The van der Waals surface area contributed by atoms with Crippen molar-refractivity contribution in [1.29, 1.82) is 0 Å². The Kier molecular flexibility index (Phi) is 5.10. The summed E-state index contributed by atoms with van der Waals surface area (Å²) in [4.78, 5) is 31.0. The minimum absolute atomic E-state index is 0.143. The minimum atomic E-state index is -1.15. The molecule has 1 aliphatic rings. The summed E-state index contributed by atoms with van der Waals surface area (Å²) in [7, 11) is 0. The van der Waals surface area contributed by atoms with Gasteiger partial charge in [-0.1, -0.05) is 6.92 Å². The van der Waals surface area contributed by atoms with Gasteiger partial charge >= 0.3 is 12.0 Å². The van der Waals surface area contributed by atoms with Crippen LogP contribution in [0.25, 0.3) is 0 Å². The highest BCUT2D eigenvalue weighted by atomic mass is 16.4. The first-order chi connectivity index (χ1) is 10.1. The van der Waals surface area contributed by atoms with Crippen molar-refractivity contribution in [2.75, 3.05) is 38.0 Å². The van der Waals surface area contributed by atoms with E-state index >= 15 is 0 Å². The van der Waals surface area contributed by atoms with Crippen LogP contribution in [0.2, 0.25) is 0 Å². The maximum Gasteiger partial charge on any atom is 0.356 e. The molecule has 0 aliphatic carbocycles. The quantitative estimate of drug-likeness (QED) is 0.874. The predicted octanol–water partition coefficient (Wildman–Crippen LogP) is 1.34. The third kappa shape index (κ3) is 3.91. The molecule has 0 aromatic carbocycles. The Hall–Kier alpha value is -2.15. The Morgan fingerprint density at radius 3 is 2.67 bits per heavy atom. The largest absolute Gasteiger partial charge is 0.476 e. The van der Waals surface area contributed by atoms with Gasteiger partial charge in [-0.2, -0.15) is 0 Å². The van der Waals surface area contributed by atoms with Crippen LogP contribution in [0.3, 0.4) is 0 Å². The Morgan fingerprint density at radius 1 is 1.33 bits per heavy atom. The van der Waals surface area contributed by atoms with E-state index in [1.807, 2.05) is 0 Å². The normalized spacial score (nSPS) is 15.8. The van der Waals surface area contributed by atoms with Crippen molar-refractivity contribution in [2.45, 2.75) is 13.3 Å². The zero-order valence-corrected chi connectivity index (χ0v) is 12.1. The van der Waals surface area contributed by atoms with Crippen LogP contribution in [0.1, 0.15) is 23.8 Å². The second-order valence-electron chi connectivity index (χ2n) is 4.96. The number of nitrogens with one attached hydrogen (secondary N) is 1. The van der Waals surface area contributed by atoms with Crippen molar-refractivity contribution in [3.63, 3.8) is 0 Å². The van der Waals surface area contributed by atoms with Crippen LogP contribution < -0.4 is 5.32 Å². The third-order valence-corrected chi connectivity index (χ3v) is 3.45. The summed E-state index contributed by atoms with van der Waals surface area (Å²) in [5.74, 6) is -1.15. The second kappa shape index (κ2) is 7.03. The molecule has 1 saturated heterocycles. The number of piperazine rings is 1. The van der Waals surface area contributed by atoms with Crippen LogP contribution in [-0.4, -0.2) is 64.6 Å². The number of carbonyl (C=O) groups is 2. The summed E-state index contributed by atoms with van der Waals surface area (Å²) in [6.07, 6.45) is 2.49. The number of anilines is 1. The van der Waals surface area contributed by atoms with E-state index in [-0.39, 0.29) is 17.4 Å². The van der Waals surface area contributed by atoms with Gasteiger partial charge in [0.15, 0.2) is 5.69 Å². The van der Waals surface area contributed by atoms with Gasteiger partial charge in [0, 0.05) is 32.4 Å². The van der Waals surface area contributed by atoms with Crippen molar-refractivity contribution in [1.82, 2.24) is 14.8 Å². The number of rotatable bonds is 4. The lowest BCUT2D eigenvalue weighted by Gasteiger charge is -2.34. The molecule has 1 aliphatic heterocycles. The fourth-order valence-corrected chi connectivity index (χ4v) is 2.36. The van der Waals surface area contributed by atoms with Crippen molar-refractivity contribution in [3.8, 4) is 0 Å². The molecule has 2 N–H and O–H groups in total. The van der Waals surface area contributed by atoms with Crippen LogP contribution in [0, 0.1) is 0 Å². The molecule has 2 amide bonds. The average Bonchev–Trinajstić information content (AvgIpc) is 2.48. The van der Waals surface area contributed by atoms with Gasteiger partial charge in [0.2, 0.25) is 0 Å². The van der Waals surface area contributed by atoms with Gasteiger partial charge in [0.25, 0.3) is 0 Å². The molecule has 0 bridgehead atoms. The molecule has 0 saturated carbocycles. The fourth-order valence-electron chi connectivity index (χ4n) is 2.36. The van der Waals surface area contributed by atoms with Gasteiger partial charge in [0.05, 0.1) is 5.69 Å². The number of urea groups is 1. The first-order valence-electron chi connectivity index (χ1n) is 7.08. The molecule has 1 fully saturated rings. The summed E-state index contributed by atoms with van der Waals surface area (Å²) >= 11 is 0. The number of hydrogen-bond acceptors (Lipinski definition) is 4. The van der Waals surface area contributed by atoms with Crippen LogP contribution in [-0.2, 0) is 0 Å². The number of amides is 2. The summed E-state index contributed by atoms with van der Waals surface area (Å²) in [5, 5.41) is 11.7. The molecule has 2 heterocycles. The molecule has 2 rings (SSSR count). The summed E-state index contributed by atoms with van der Waals surface area (Å²) in [6, 6.07) is 2.87. The molecule has 0 unspecified atom stereocenters. The minimum Gasteiger partial charge on any atom is -0.476 e. The first kappa shape index (κ1) is 15.2. The lowest BCUT2D eigenvalue weighted by Crippen LogP contribution is -2.50. The molecule has 0 spiro atoms. The smallest absolute Gasteiger partial charge is 0.356 e. The number of pyridine rings is 1. The zero-order valence-electron chi connectivity index (χ0n) is 12.1. The zero-order chi connectivity index (χ0) is 15.2. The molecular formula is C14H20N4O3. The molecule has 0 atom stereocenters. The molecule has 1 aromatic rings. The Balaban J connectivity index is 1.95. The molecule has 114 valence electrons. The van der Waals surface area contributed by atoms with E-state index in [4.69, 9.17) is 5.11 Å². The number of aromatic nitrogens is 1. The highest BCUT2D eigenvalue weighted by Crippen LogP contribution is 2.13.